The highest BCUT2D eigenvalue weighted by Gasteiger charge is 2.35. The summed E-state index contributed by atoms with van der Waals surface area (Å²) in [5.41, 5.74) is 17.7. The molecule has 10 aromatic rings. The van der Waals surface area contributed by atoms with Gasteiger partial charge >= 0.3 is 0 Å². The van der Waals surface area contributed by atoms with Crippen LogP contribution in [0.25, 0.3) is 88.5 Å². The third-order valence-corrected chi connectivity index (χ3v) is 12.7. The van der Waals surface area contributed by atoms with E-state index in [1.807, 2.05) is 0 Å². The smallest absolute Gasteiger partial charge is 0.0158 e. The van der Waals surface area contributed by atoms with Crippen LogP contribution in [0.5, 0.6) is 0 Å². The molecule has 10 aromatic carbocycles. The van der Waals surface area contributed by atoms with Gasteiger partial charge in [0.2, 0.25) is 0 Å². The van der Waals surface area contributed by atoms with Crippen LogP contribution < -0.4 is 0 Å². The molecule has 278 valence electrons. The van der Waals surface area contributed by atoms with Crippen LogP contribution in [0.15, 0.2) is 212 Å². The third-order valence-electron chi connectivity index (χ3n) is 12.7. The molecule has 59 heavy (non-hydrogen) atoms. The molecule has 0 N–H and O–H groups in total. The average molecular weight is 751 g/mol. The average Bonchev–Trinajstić information content (AvgIpc) is 3.53. The van der Waals surface area contributed by atoms with Crippen molar-refractivity contribution in [3.63, 3.8) is 0 Å². The van der Waals surface area contributed by atoms with Crippen LogP contribution >= 0.6 is 0 Å². The van der Waals surface area contributed by atoms with E-state index in [0.717, 1.165) is 0 Å². The van der Waals surface area contributed by atoms with Gasteiger partial charge in [-0.25, -0.2) is 0 Å². The van der Waals surface area contributed by atoms with Crippen LogP contribution in [-0.2, 0) is 5.41 Å². The van der Waals surface area contributed by atoms with Crippen molar-refractivity contribution >= 4 is 44.0 Å². The van der Waals surface area contributed by atoms with Gasteiger partial charge < -0.3 is 0 Å². The lowest BCUT2D eigenvalue weighted by atomic mass is 9.81. The number of fused-ring (bicyclic) bond motifs is 6. The van der Waals surface area contributed by atoms with E-state index in [9.17, 15) is 0 Å². The maximum atomic E-state index is 2.46. The minimum atomic E-state index is -0.0513. The molecule has 0 heteroatoms. The molecule has 0 spiro atoms. The lowest BCUT2D eigenvalue weighted by molar-refractivity contribution is 0.660. The van der Waals surface area contributed by atoms with E-state index in [-0.39, 0.29) is 5.41 Å². The minimum absolute atomic E-state index is 0.0513. The summed E-state index contributed by atoms with van der Waals surface area (Å²) in [4.78, 5) is 0. The first-order valence-electron chi connectivity index (χ1n) is 20.7. The van der Waals surface area contributed by atoms with Gasteiger partial charge in [0, 0.05) is 5.41 Å². The molecule has 0 nitrogen and oxygen atoms in total. The number of hydrogen-bond acceptors (Lipinski definition) is 0. The summed E-state index contributed by atoms with van der Waals surface area (Å²) in [7, 11) is 0. The molecule has 11 rings (SSSR count). The number of hydrogen-bond donors (Lipinski definition) is 0. The van der Waals surface area contributed by atoms with Crippen LogP contribution in [0.2, 0.25) is 0 Å². The molecular formula is C59H42. The SMILES string of the molecule is CC1(C)c2ccccc2-c2cc(-c3c4ccccc4c(-c4ccc(C=C(c5ccccc5)c5ccccc5)cc4)c4ccc(-c5cccc6ccccc56)cc34)ccc21. The molecule has 0 unspecified atom stereocenters. The van der Waals surface area contributed by atoms with Crippen LogP contribution in [0.4, 0.5) is 0 Å². The van der Waals surface area contributed by atoms with Crippen molar-refractivity contribution in [1.29, 1.82) is 0 Å². The van der Waals surface area contributed by atoms with Crippen molar-refractivity contribution in [1.82, 2.24) is 0 Å². The summed E-state index contributed by atoms with van der Waals surface area (Å²) in [5, 5.41) is 7.54. The molecule has 0 radical (unpaired) electrons. The van der Waals surface area contributed by atoms with Crippen LogP contribution in [-0.4, -0.2) is 0 Å². The normalized spacial score (nSPS) is 12.7. The molecule has 0 saturated heterocycles. The monoisotopic (exact) mass is 750 g/mol. The predicted molar refractivity (Wildman–Crippen MR) is 253 cm³/mol. The molecular weight excluding hydrogens is 709 g/mol. The second kappa shape index (κ2) is 14.0. The van der Waals surface area contributed by atoms with Crippen molar-refractivity contribution in [2.24, 2.45) is 0 Å². The topological polar surface area (TPSA) is 0 Å². The van der Waals surface area contributed by atoms with Gasteiger partial charge in [-0.15, -0.1) is 0 Å². The Balaban J connectivity index is 1.14. The van der Waals surface area contributed by atoms with Gasteiger partial charge in [-0.1, -0.05) is 214 Å². The van der Waals surface area contributed by atoms with Gasteiger partial charge in [-0.05, 0) is 128 Å². The Morgan fingerprint density at radius 1 is 0.356 bits per heavy atom. The van der Waals surface area contributed by atoms with E-state index in [1.165, 1.54) is 110 Å². The molecule has 0 saturated carbocycles. The van der Waals surface area contributed by atoms with Crippen LogP contribution in [0.1, 0.15) is 41.7 Å². The highest BCUT2D eigenvalue weighted by Crippen LogP contribution is 2.51. The Labute approximate surface area is 346 Å². The zero-order valence-corrected chi connectivity index (χ0v) is 33.3. The van der Waals surface area contributed by atoms with Gasteiger partial charge in [-0.3, -0.25) is 0 Å². The summed E-state index contributed by atoms with van der Waals surface area (Å²) >= 11 is 0. The lowest BCUT2D eigenvalue weighted by Crippen LogP contribution is -2.14. The van der Waals surface area contributed by atoms with E-state index < -0.39 is 0 Å². The van der Waals surface area contributed by atoms with E-state index >= 15 is 0 Å². The summed E-state index contributed by atoms with van der Waals surface area (Å²) in [6, 6.07) is 78.3. The molecule has 1 aliphatic carbocycles. The summed E-state index contributed by atoms with van der Waals surface area (Å²) < 4.78 is 0. The third kappa shape index (κ3) is 5.83. The fraction of sp³-hybridized carbons (Fsp3) is 0.0508. The Bertz CT molecular complexity index is 3210. The van der Waals surface area contributed by atoms with Gasteiger partial charge in [0.05, 0.1) is 0 Å². The Morgan fingerprint density at radius 3 is 1.61 bits per heavy atom. The molecule has 0 bridgehead atoms. The first kappa shape index (κ1) is 34.9. The minimum Gasteiger partial charge on any atom is -0.0622 e. The highest BCUT2D eigenvalue weighted by molar-refractivity contribution is 6.22. The maximum absolute atomic E-state index is 2.46. The quantitative estimate of drug-likeness (QED) is 0.117. The maximum Gasteiger partial charge on any atom is 0.0158 e. The van der Waals surface area contributed by atoms with Crippen molar-refractivity contribution < 1.29 is 0 Å². The van der Waals surface area contributed by atoms with Crippen molar-refractivity contribution in [2.45, 2.75) is 19.3 Å². The first-order chi connectivity index (χ1) is 29.0. The Kier molecular flexibility index (Phi) is 8.27. The van der Waals surface area contributed by atoms with Crippen LogP contribution in [0.3, 0.4) is 0 Å². The van der Waals surface area contributed by atoms with Crippen LogP contribution in [0, 0.1) is 0 Å². The molecule has 0 aliphatic heterocycles. The molecule has 0 amide bonds. The van der Waals surface area contributed by atoms with Gasteiger partial charge in [0.1, 0.15) is 0 Å². The zero-order chi connectivity index (χ0) is 39.5. The van der Waals surface area contributed by atoms with Crippen molar-refractivity contribution in [2.75, 3.05) is 0 Å². The fourth-order valence-electron chi connectivity index (χ4n) is 9.80. The fourth-order valence-corrected chi connectivity index (χ4v) is 9.80. The standard InChI is InChI=1S/C59H42/c1-59(2)55-27-14-13-23-48(55)53-38-45(33-35-56(53)59)58-50-25-12-11-24-49(50)57(51-34-32-44(37-54(51)58)47-26-15-21-40-20-9-10-22-46(40)47)43-30-28-39(29-31-43)36-52(41-16-5-3-6-17-41)42-18-7-4-8-19-42/h3-38H,1-2H3. The summed E-state index contributed by atoms with van der Waals surface area (Å²) in [6.45, 7) is 4.72. The molecule has 0 aromatic heterocycles. The lowest BCUT2D eigenvalue weighted by Gasteiger charge is -2.22. The largest absolute Gasteiger partial charge is 0.0622 e. The zero-order valence-electron chi connectivity index (χ0n) is 33.3. The number of benzene rings is 10. The van der Waals surface area contributed by atoms with E-state index in [4.69, 9.17) is 0 Å². The van der Waals surface area contributed by atoms with Crippen molar-refractivity contribution in [3.05, 3.63) is 240 Å². The first-order valence-corrected chi connectivity index (χ1v) is 20.7. The van der Waals surface area contributed by atoms with E-state index in [2.05, 4.69) is 232 Å². The Morgan fingerprint density at radius 2 is 0.881 bits per heavy atom. The van der Waals surface area contributed by atoms with E-state index in [0.29, 0.717) is 0 Å². The summed E-state index contributed by atoms with van der Waals surface area (Å²) in [5.74, 6) is 0. The van der Waals surface area contributed by atoms with Gasteiger partial charge in [0.15, 0.2) is 0 Å². The van der Waals surface area contributed by atoms with E-state index in [1.54, 1.807) is 0 Å². The second-order valence-corrected chi connectivity index (χ2v) is 16.4. The predicted octanol–water partition coefficient (Wildman–Crippen LogP) is 16.0. The van der Waals surface area contributed by atoms with Gasteiger partial charge in [-0.2, -0.15) is 0 Å². The Hall–Kier alpha value is -7.28. The molecule has 1 aliphatic rings. The van der Waals surface area contributed by atoms with Gasteiger partial charge in [0.25, 0.3) is 0 Å². The number of rotatable bonds is 6. The molecule has 0 heterocycles. The van der Waals surface area contributed by atoms with Crippen molar-refractivity contribution in [3.8, 4) is 44.5 Å². The second-order valence-electron chi connectivity index (χ2n) is 16.4. The molecule has 0 atom stereocenters. The highest BCUT2D eigenvalue weighted by atomic mass is 14.4. The summed E-state index contributed by atoms with van der Waals surface area (Å²) in [6.07, 6.45) is 2.32. The molecule has 0 fully saturated rings.